The van der Waals surface area contributed by atoms with E-state index in [4.69, 9.17) is 4.79 Å². The van der Waals surface area contributed by atoms with Crippen LogP contribution in [0.2, 0.25) is 0 Å². The fraction of sp³-hybridized carbons (Fsp3) is 0.889. The van der Waals surface area contributed by atoms with Crippen LogP contribution in [0.25, 0.3) is 0 Å². The van der Waals surface area contributed by atoms with Gasteiger partial charge in [-0.2, -0.15) is 0 Å². The second-order valence-electron chi connectivity index (χ2n) is 3.76. The predicted octanol–water partition coefficient (Wildman–Crippen LogP) is -0.610. The smallest absolute Gasteiger partial charge is 0.106 e. The van der Waals surface area contributed by atoms with E-state index >= 15 is 0 Å². The highest BCUT2D eigenvalue weighted by Crippen LogP contribution is 2.34. The van der Waals surface area contributed by atoms with E-state index in [1.807, 2.05) is 13.8 Å². The molecular weight excluding hydrogens is 170 g/mol. The Morgan fingerprint density at radius 1 is 1.31 bits per heavy atom. The fourth-order valence-electron chi connectivity index (χ4n) is 2.41. The van der Waals surface area contributed by atoms with Gasteiger partial charge in [0.1, 0.15) is 6.79 Å². The highest BCUT2D eigenvalue weighted by Gasteiger charge is 2.43. The number of nitrogens with zero attached hydrogens (tertiary/aromatic N) is 1. The number of aliphatic hydroxyl groups is 2. The van der Waals surface area contributed by atoms with E-state index in [1.165, 1.54) is 0 Å². The molecule has 2 aliphatic heterocycles. The molecular formula is C9H17NO3. The minimum atomic E-state index is -0.515. The summed E-state index contributed by atoms with van der Waals surface area (Å²) in [4.78, 5) is 10.2. The number of fused-ring (bicyclic) bond motifs is 2. The third-order valence-corrected chi connectivity index (χ3v) is 3.20. The van der Waals surface area contributed by atoms with Crippen LogP contribution in [0.3, 0.4) is 0 Å². The molecule has 0 saturated carbocycles. The summed E-state index contributed by atoms with van der Waals surface area (Å²) < 4.78 is 0. The second kappa shape index (κ2) is 4.17. The molecule has 76 valence electrons. The lowest BCUT2D eigenvalue weighted by molar-refractivity contribution is -0.0979. The van der Waals surface area contributed by atoms with Crippen molar-refractivity contribution < 1.29 is 15.0 Å². The van der Waals surface area contributed by atoms with E-state index < -0.39 is 12.2 Å². The molecule has 0 radical (unpaired) electrons. The molecule has 0 amide bonds. The number of rotatable bonds is 0. The molecule has 2 bridgehead atoms. The van der Waals surface area contributed by atoms with E-state index in [-0.39, 0.29) is 6.04 Å². The molecule has 0 spiro atoms. The quantitative estimate of drug-likeness (QED) is 0.531. The van der Waals surface area contributed by atoms with Gasteiger partial charge in [-0.25, -0.2) is 0 Å². The SMILES string of the molecule is C=O.CN1C2CCC1C(O)C(O)C2. The fourth-order valence-corrected chi connectivity index (χ4v) is 2.41. The largest absolute Gasteiger partial charge is 0.390 e. The van der Waals surface area contributed by atoms with Crippen LogP contribution in [0.15, 0.2) is 0 Å². The molecule has 2 heterocycles. The maximum Gasteiger partial charge on any atom is 0.106 e. The van der Waals surface area contributed by atoms with Crippen LogP contribution in [0.1, 0.15) is 19.3 Å². The van der Waals surface area contributed by atoms with Crippen molar-refractivity contribution >= 4 is 6.79 Å². The van der Waals surface area contributed by atoms with Crippen molar-refractivity contribution in [2.75, 3.05) is 7.05 Å². The average Bonchev–Trinajstić information content (AvgIpc) is 2.42. The van der Waals surface area contributed by atoms with Crippen LogP contribution in [-0.4, -0.2) is 53.2 Å². The number of hydrogen-bond donors (Lipinski definition) is 2. The summed E-state index contributed by atoms with van der Waals surface area (Å²) in [7, 11) is 2.04. The molecule has 2 rings (SSSR count). The van der Waals surface area contributed by atoms with Gasteiger partial charge in [0.05, 0.1) is 12.2 Å². The van der Waals surface area contributed by atoms with Crippen LogP contribution < -0.4 is 0 Å². The van der Waals surface area contributed by atoms with Gasteiger partial charge >= 0.3 is 0 Å². The third kappa shape index (κ3) is 1.75. The number of carbonyl (C=O) groups is 1. The normalized spacial score (nSPS) is 43.9. The van der Waals surface area contributed by atoms with Crippen LogP contribution in [0, 0.1) is 0 Å². The topological polar surface area (TPSA) is 60.8 Å². The van der Waals surface area contributed by atoms with Gasteiger partial charge in [-0.15, -0.1) is 0 Å². The van der Waals surface area contributed by atoms with Crippen LogP contribution >= 0.6 is 0 Å². The summed E-state index contributed by atoms with van der Waals surface area (Å²) in [5.41, 5.74) is 0. The standard InChI is InChI=1S/C8H15NO2.CH2O/c1-9-5-2-3-6(9)8(11)7(10)4-5;1-2/h5-8,10-11H,2-4H2,1H3;1H2. The Morgan fingerprint density at radius 3 is 2.54 bits per heavy atom. The first kappa shape index (κ1) is 10.6. The van der Waals surface area contributed by atoms with Crippen molar-refractivity contribution in [1.29, 1.82) is 0 Å². The van der Waals surface area contributed by atoms with Crippen molar-refractivity contribution in [2.45, 2.75) is 43.6 Å². The van der Waals surface area contributed by atoms with E-state index in [1.54, 1.807) is 0 Å². The number of piperidine rings is 1. The summed E-state index contributed by atoms with van der Waals surface area (Å²) in [5.74, 6) is 0. The molecule has 4 atom stereocenters. The molecule has 0 aromatic rings. The Hall–Kier alpha value is -0.450. The number of aliphatic hydroxyl groups excluding tert-OH is 2. The lowest BCUT2D eigenvalue weighted by Gasteiger charge is -2.37. The molecule has 0 aromatic carbocycles. The third-order valence-electron chi connectivity index (χ3n) is 3.20. The molecule has 0 aliphatic carbocycles. The summed E-state index contributed by atoms with van der Waals surface area (Å²) >= 11 is 0. The predicted molar refractivity (Wildman–Crippen MR) is 48.3 cm³/mol. The summed E-state index contributed by atoms with van der Waals surface area (Å²) in [6, 6.07) is 0.724. The lowest BCUT2D eigenvalue weighted by Crippen LogP contribution is -2.52. The van der Waals surface area contributed by atoms with Crippen molar-refractivity contribution in [1.82, 2.24) is 4.90 Å². The van der Waals surface area contributed by atoms with Gasteiger partial charge in [-0.05, 0) is 26.3 Å². The Balaban J connectivity index is 0.000000396. The van der Waals surface area contributed by atoms with Crippen LogP contribution in [0.4, 0.5) is 0 Å². The molecule has 4 unspecified atom stereocenters. The molecule has 4 nitrogen and oxygen atoms in total. The van der Waals surface area contributed by atoms with E-state index in [0.29, 0.717) is 6.04 Å². The van der Waals surface area contributed by atoms with Crippen molar-refractivity contribution in [3.8, 4) is 0 Å². The Bertz CT molecular complexity index is 176. The Labute approximate surface area is 78.2 Å². The van der Waals surface area contributed by atoms with Crippen LogP contribution in [0.5, 0.6) is 0 Å². The van der Waals surface area contributed by atoms with Gasteiger partial charge in [-0.3, -0.25) is 4.90 Å². The van der Waals surface area contributed by atoms with Gasteiger partial charge < -0.3 is 15.0 Å². The van der Waals surface area contributed by atoms with Crippen LogP contribution in [-0.2, 0) is 4.79 Å². The molecule has 2 aliphatic rings. The zero-order valence-electron chi connectivity index (χ0n) is 7.89. The molecule has 13 heavy (non-hydrogen) atoms. The first-order chi connectivity index (χ1) is 6.20. The zero-order valence-corrected chi connectivity index (χ0v) is 7.89. The highest BCUT2D eigenvalue weighted by atomic mass is 16.3. The van der Waals surface area contributed by atoms with E-state index in [9.17, 15) is 10.2 Å². The molecule has 2 N–H and O–H groups in total. The maximum absolute atomic E-state index is 9.54. The minimum absolute atomic E-state index is 0.212. The molecule has 2 fully saturated rings. The molecule has 0 aromatic heterocycles. The van der Waals surface area contributed by atoms with Gasteiger partial charge in [0.25, 0.3) is 0 Å². The first-order valence-corrected chi connectivity index (χ1v) is 4.57. The summed E-state index contributed by atoms with van der Waals surface area (Å²) in [6.45, 7) is 2.00. The second-order valence-corrected chi connectivity index (χ2v) is 3.76. The Morgan fingerprint density at radius 2 is 1.92 bits per heavy atom. The lowest BCUT2D eigenvalue weighted by atomic mass is 9.98. The summed E-state index contributed by atoms with van der Waals surface area (Å²) in [5, 5.41) is 18.9. The van der Waals surface area contributed by atoms with E-state index in [2.05, 4.69) is 4.90 Å². The highest BCUT2D eigenvalue weighted by molar-refractivity contribution is 5.11. The summed E-state index contributed by atoms with van der Waals surface area (Å²) in [6.07, 6.45) is 1.92. The van der Waals surface area contributed by atoms with Crippen molar-refractivity contribution in [3.05, 3.63) is 0 Å². The average molecular weight is 187 g/mol. The van der Waals surface area contributed by atoms with Crippen molar-refractivity contribution in [2.24, 2.45) is 0 Å². The van der Waals surface area contributed by atoms with Gasteiger partial charge in [-0.1, -0.05) is 0 Å². The monoisotopic (exact) mass is 187 g/mol. The number of likely N-dealkylation sites (N-methyl/N-ethyl adjacent to an activating group) is 1. The van der Waals surface area contributed by atoms with Gasteiger partial charge in [0.2, 0.25) is 0 Å². The van der Waals surface area contributed by atoms with Crippen molar-refractivity contribution in [3.63, 3.8) is 0 Å². The number of hydrogen-bond acceptors (Lipinski definition) is 4. The molecule has 2 saturated heterocycles. The van der Waals surface area contributed by atoms with Gasteiger partial charge in [0, 0.05) is 12.1 Å². The maximum atomic E-state index is 9.54. The zero-order chi connectivity index (χ0) is 10.0. The van der Waals surface area contributed by atoms with Gasteiger partial charge in [0.15, 0.2) is 0 Å². The molecule has 4 heteroatoms. The number of carbonyl (C=O) groups excluding carboxylic acids is 1. The Kier molecular flexibility index (Phi) is 3.41. The van der Waals surface area contributed by atoms with E-state index in [0.717, 1.165) is 19.3 Å². The first-order valence-electron chi connectivity index (χ1n) is 4.57. The minimum Gasteiger partial charge on any atom is -0.390 e.